The maximum Gasteiger partial charge on any atom is 0.268 e. The molecule has 0 aliphatic heterocycles. The Bertz CT molecular complexity index is 539. The number of pyridine rings is 1. The number of rotatable bonds is 1. The van der Waals surface area contributed by atoms with Crippen molar-refractivity contribution in [1.82, 2.24) is 15.0 Å². The van der Waals surface area contributed by atoms with E-state index in [4.69, 9.17) is 0 Å². The highest BCUT2D eigenvalue weighted by Gasteiger charge is 2.08. The van der Waals surface area contributed by atoms with Gasteiger partial charge in [0.15, 0.2) is 5.82 Å². The highest BCUT2D eigenvalue weighted by molar-refractivity contribution is 14.1. The number of halogens is 1. The first-order chi connectivity index (χ1) is 7.18. The van der Waals surface area contributed by atoms with Crippen LogP contribution in [0.5, 0.6) is 5.88 Å². The summed E-state index contributed by atoms with van der Waals surface area (Å²) >= 11 is 1.73. The lowest BCUT2D eigenvalue weighted by molar-refractivity contribution is 0.447. The van der Waals surface area contributed by atoms with Gasteiger partial charge in [-0.05, 0) is 34.7 Å². The monoisotopic (exact) mass is 315 g/mol. The molecule has 0 aliphatic carbocycles. The summed E-state index contributed by atoms with van der Waals surface area (Å²) in [4.78, 5) is 21.7. The molecule has 0 unspecified atom stereocenters. The van der Waals surface area contributed by atoms with Crippen LogP contribution in [0.15, 0.2) is 29.2 Å². The molecule has 0 aliphatic rings. The molecular formula is C9H6IN3O2. The Morgan fingerprint density at radius 1 is 1.40 bits per heavy atom. The lowest BCUT2D eigenvalue weighted by Crippen LogP contribution is -2.12. The molecule has 2 rings (SSSR count). The van der Waals surface area contributed by atoms with Gasteiger partial charge in [0.25, 0.3) is 5.56 Å². The third kappa shape index (κ3) is 1.99. The summed E-state index contributed by atoms with van der Waals surface area (Å²) in [6.07, 6.45) is 1.59. The minimum Gasteiger partial charge on any atom is -0.492 e. The van der Waals surface area contributed by atoms with Crippen molar-refractivity contribution in [3.63, 3.8) is 0 Å². The van der Waals surface area contributed by atoms with Crippen molar-refractivity contribution in [3.05, 3.63) is 38.3 Å². The van der Waals surface area contributed by atoms with Crippen molar-refractivity contribution in [2.45, 2.75) is 0 Å². The van der Waals surface area contributed by atoms with Crippen molar-refractivity contribution in [1.29, 1.82) is 0 Å². The zero-order chi connectivity index (χ0) is 10.8. The molecule has 5 nitrogen and oxygen atoms in total. The lowest BCUT2D eigenvalue weighted by Gasteiger charge is -2.00. The predicted molar refractivity (Wildman–Crippen MR) is 62.5 cm³/mol. The maximum absolute atomic E-state index is 11.3. The van der Waals surface area contributed by atoms with E-state index in [1.807, 2.05) is 0 Å². The summed E-state index contributed by atoms with van der Waals surface area (Å²) in [5, 5.41) is 9.38. The van der Waals surface area contributed by atoms with Gasteiger partial charge in [0.05, 0.1) is 0 Å². The second-order valence-corrected chi connectivity index (χ2v) is 3.85. The minimum absolute atomic E-state index is 0.173. The van der Waals surface area contributed by atoms with Crippen LogP contribution in [0.3, 0.4) is 0 Å². The molecule has 2 aromatic rings. The molecule has 0 spiro atoms. The Kier molecular flexibility index (Phi) is 2.67. The molecule has 0 saturated carbocycles. The number of nitrogens with zero attached hydrogens (tertiary/aromatic N) is 2. The third-order valence-electron chi connectivity index (χ3n) is 1.75. The van der Waals surface area contributed by atoms with E-state index in [1.54, 1.807) is 47.0 Å². The Balaban J connectivity index is 2.61. The van der Waals surface area contributed by atoms with Crippen LogP contribution in [0, 0.1) is 3.57 Å². The number of hydrogen-bond donors (Lipinski definition) is 2. The van der Waals surface area contributed by atoms with E-state index >= 15 is 0 Å². The predicted octanol–water partition coefficient (Wildman–Crippen LogP) is 1.14. The summed E-state index contributed by atoms with van der Waals surface area (Å²) in [7, 11) is 0. The molecular weight excluding hydrogens is 309 g/mol. The molecule has 2 heterocycles. The number of hydrogen-bond acceptors (Lipinski definition) is 4. The van der Waals surface area contributed by atoms with Crippen LogP contribution >= 0.6 is 22.6 Å². The van der Waals surface area contributed by atoms with E-state index in [2.05, 4.69) is 15.0 Å². The summed E-state index contributed by atoms with van der Waals surface area (Å²) in [6, 6.07) is 5.23. The van der Waals surface area contributed by atoms with E-state index in [-0.39, 0.29) is 20.8 Å². The Labute approximate surface area is 98.4 Å². The molecule has 6 heteroatoms. The molecule has 2 aromatic heterocycles. The summed E-state index contributed by atoms with van der Waals surface area (Å²) in [6.45, 7) is 0. The van der Waals surface area contributed by atoms with Gasteiger partial charge in [0.2, 0.25) is 5.88 Å². The van der Waals surface area contributed by atoms with Crippen molar-refractivity contribution in [2.24, 2.45) is 0 Å². The molecule has 0 amide bonds. The number of nitrogens with one attached hydrogen (secondary N) is 1. The Morgan fingerprint density at radius 2 is 2.20 bits per heavy atom. The number of aromatic hydroxyl groups is 1. The van der Waals surface area contributed by atoms with Gasteiger partial charge in [-0.3, -0.25) is 9.78 Å². The van der Waals surface area contributed by atoms with Crippen LogP contribution in [-0.4, -0.2) is 20.1 Å². The van der Waals surface area contributed by atoms with Crippen molar-refractivity contribution >= 4 is 22.6 Å². The average Bonchev–Trinajstić information content (AvgIpc) is 2.26. The lowest BCUT2D eigenvalue weighted by atomic mass is 10.3. The van der Waals surface area contributed by atoms with Gasteiger partial charge in [-0.2, -0.15) is 4.98 Å². The van der Waals surface area contributed by atoms with Crippen molar-refractivity contribution < 1.29 is 5.11 Å². The Hall–Kier alpha value is -1.44. The Morgan fingerprint density at radius 3 is 2.80 bits per heavy atom. The molecule has 0 fully saturated rings. The fourth-order valence-electron chi connectivity index (χ4n) is 1.07. The minimum atomic E-state index is -0.372. The first-order valence-corrected chi connectivity index (χ1v) is 5.16. The smallest absolute Gasteiger partial charge is 0.268 e. The number of aromatic nitrogens is 3. The number of aromatic amines is 1. The second-order valence-electron chi connectivity index (χ2n) is 2.77. The molecule has 2 N–H and O–H groups in total. The number of H-pyrrole nitrogens is 1. The van der Waals surface area contributed by atoms with Gasteiger partial charge >= 0.3 is 0 Å². The van der Waals surface area contributed by atoms with Gasteiger partial charge in [0.1, 0.15) is 9.26 Å². The first kappa shape index (κ1) is 10.1. The van der Waals surface area contributed by atoms with E-state index in [1.165, 1.54) is 0 Å². The zero-order valence-electron chi connectivity index (χ0n) is 7.44. The molecule has 0 aromatic carbocycles. The fraction of sp³-hybridized carbons (Fsp3) is 0. The SMILES string of the molecule is O=c1[nH]c(-c2ccccn2)nc(O)c1I. The van der Waals surface area contributed by atoms with Crippen LogP contribution in [0.1, 0.15) is 0 Å². The maximum atomic E-state index is 11.3. The van der Waals surface area contributed by atoms with Crippen molar-refractivity contribution in [3.8, 4) is 17.4 Å². The molecule has 76 valence electrons. The molecule has 0 atom stereocenters. The normalized spacial score (nSPS) is 10.2. The van der Waals surface area contributed by atoms with E-state index in [0.29, 0.717) is 5.69 Å². The largest absolute Gasteiger partial charge is 0.492 e. The van der Waals surface area contributed by atoms with Gasteiger partial charge in [0, 0.05) is 6.20 Å². The zero-order valence-corrected chi connectivity index (χ0v) is 9.59. The highest BCUT2D eigenvalue weighted by atomic mass is 127. The topological polar surface area (TPSA) is 78.9 Å². The standard InChI is InChI=1S/C9H6IN3O2/c10-6-8(14)12-7(13-9(6)15)5-3-1-2-4-11-5/h1-4H,(H2,12,13,14,15). The summed E-state index contributed by atoms with van der Waals surface area (Å²) < 4.78 is 0.173. The van der Waals surface area contributed by atoms with Gasteiger partial charge in [-0.15, -0.1) is 0 Å². The van der Waals surface area contributed by atoms with Gasteiger partial charge in [-0.1, -0.05) is 6.07 Å². The first-order valence-electron chi connectivity index (χ1n) is 4.08. The van der Waals surface area contributed by atoms with E-state index < -0.39 is 0 Å². The van der Waals surface area contributed by atoms with E-state index in [9.17, 15) is 9.90 Å². The fourth-order valence-corrected chi connectivity index (χ4v) is 1.33. The molecule has 0 bridgehead atoms. The summed E-state index contributed by atoms with van der Waals surface area (Å²) in [5.74, 6) is -0.0153. The average molecular weight is 315 g/mol. The summed E-state index contributed by atoms with van der Waals surface area (Å²) in [5.41, 5.74) is 0.144. The van der Waals surface area contributed by atoms with E-state index in [0.717, 1.165) is 0 Å². The molecule has 0 radical (unpaired) electrons. The highest BCUT2D eigenvalue weighted by Crippen LogP contribution is 2.15. The van der Waals surface area contributed by atoms with Gasteiger partial charge in [-0.25, -0.2) is 0 Å². The van der Waals surface area contributed by atoms with Crippen LogP contribution in [0.4, 0.5) is 0 Å². The van der Waals surface area contributed by atoms with Crippen LogP contribution in [0.2, 0.25) is 0 Å². The second kappa shape index (κ2) is 3.97. The quantitative estimate of drug-likeness (QED) is 0.774. The van der Waals surface area contributed by atoms with Crippen LogP contribution in [-0.2, 0) is 0 Å². The van der Waals surface area contributed by atoms with Crippen molar-refractivity contribution in [2.75, 3.05) is 0 Å². The molecule has 0 saturated heterocycles. The third-order valence-corrected chi connectivity index (χ3v) is 2.73. The van der Waals surface area contributed by atoms with Crippen LogP contribution in [0.25, 0.3) is 11.5 Å². The van der Waals surface area contributed by atoms with Crippen LogP contribution < -0.4 is 5.56 Å². The molecule has 15 heavy (non-hydrogen) atoms. The van der Waals surface area contributed by atoms with Gasteiger partial charge < -0.3 is 10.1 Å².